The maximum absolute atomic E-state index is 12.7. The van der Waals surface area contributed by atoms with Crippen LogP contribution in [0.25, 0.3) is 0 Å². The summed E-state index contributed by atoms with van der Waals surface area (Å²) in [7, 11) is 3.46. The van der Waals surface area contributed by atoms with Crippen molar-refractivity contribution >= 4 is 5.91 Å². The molecule has 5 heteroatoms. The topological polar surface area (TPSA) is 48.0 Å². The Morgan fingerprint density at radius 1 is 1.13 bits per heavy atom. The minimum Gasteiger partial charge on any atom is -0.385 e. The smallest absolute Gasteiger partial charge is 0.229 e. The Morgan fingerprint density at radius 3 is 2.43 bits per heavy atom. The zero-order chi connectivity index (χ0) is 16.5. The molecule has 132 valence electrons. The van der Waals surface area contributed by atoms with Crippen LogP contribution in [0.2, 0.25) is 0 Å². The number of carbonyl (C=O) groups is 1. The Morgan fingerprint density at radius 2 is 1.83 bits per heavy atom. The van der Waals surface area contributed by atoms with Crippen LogP contribution in [-0.2, 0) is 19.0 Å². The molecule has 0 aromatic rings. The highest BCUT2D eigenvalue weighted by molar-refractivity contribution is 5.87. The Bertz CT molecular complexity index is 427. The quantitative estimate of drug-likeness (QED) is 0.577. The number of hydrogen-bond donors (Lipinski definition) is 0. The summed E-state index contributed by atoms with van der Waals surface area (Å²) < 4.78 is 16.2. The average Bonchev–Trinajstić information content (AvgIpc) is 2.47. The number of ether oxygens (including phenoxy) is 3. The van der Waals surface area contributed by atoms with Gasteiger partial charge < -0.3 is 19.1 Å². The van der Waals surface area contributed by atoms with Crippen molar-refractivity contribution in [3.63, 3.8) is 0 Å². The largest absolute Gasteiger partial charge is 0.385 e. The van der Waals surface area contributed by atoms with E-state index in [1.807, 2.05) is 4.90 Å². The van der Waals surface area contributed by atoms with Crippen LogP contribution in [0.5, 0.6) is 0 Å². The molecule has 0 spiro atoms. The van der Waals surface area contributed by atoms with Gasteiger partial charge in [-0.15, -0.1) is 0 Å². The van der Waals surface area contributed by atoms with Crippen molar-refractivity contribution in [1.82, 2.24) is 4.90 Å². The number of amides is 1. The molecule has 4 fully saturated rings. The van der Waals surface area contributed by atoms with Crippen LogP contribution in [0.1, 0.15) is 39.0 Å². The van der Waals surface area contributed by atoms with Crippen LogP contribution in [0, 0.1) is 16.7 Å². The molecule has 23 heavy (non-hydrogen) atoms. The fourth-order valence-electron chi connectivity index (χ4n) is 4.68. The third-order valence-electron chi connectivity index (χ3n) is 6.50. The maximum atomic E-state index is 12.7. The molecular weight excluding hydrogens is 294 g/mol. The van der Waals surface area contributed by atoms with Crippen LogP contribution >= 0.6 is 0 Å². The van der Waals surface area contributed by atoms with Crippen molar-refractivity contribution in [1.29, 1.82) is 0 Å². The summed E-state index contributed by atoms with van der Waals surface area (Å²) in [5.41, 5.74) is 0.217. The summed E-state index contributed by atoms with van der Waals surface area (Å²) in [6.45, 7) is 6.28. The minimum atomic E-state index is -0.0689. The summed E-state index contributed by atoms with van der Waals surface area (Å²) in [4.78, 5) is 14.7. The van der Waals surface area contributed by atoms with Crippen LogP contribution in [0.4, 0.5) is 0 Å². The van der Waals surface area contributed by atoms with Crippen molar-refractivity contribution in [2.75, 3.05) is 47.1 Å². The Hall–Kier alpha value is -0.650. The lowest BCUT2D eigenvalue weighted by Gasteiger charge is -2.75. The van der Waals surface area contributed by atoms with Gasteiger partial charge in [0.05, 0.1) is 18.1 Å². The molecule has 4 aliphatic rings. The summed E-state index contributed by atoms with van der Waals surface area (Å²) in [6, 6.07) is 0. The molecule has 0 radical (unpaired) electrons. The molecule has 2 bridgehead atoms. The van der Waals surface area contributed by atoms with E-state index in [4.69, 9.17) is 14.2 Å². The second-order valence-corrected chi connectivity index (χ2v) is 7.77. The third-order valence-corrected chi connectivity index (χ3v) is 6.50. The Labute approximate surface area is 139 Å². The van der Waals surface area contributed by atoms with Gasteiger partial charge in [0.1, 0.15) is 0 Å². The molecule has 3 saturated carbocycles. The molecule has 0 aromatic carbocycles. The van der Waals surface area contributed by atoms with E-state index in [-0.39, 0.29) is 16.9 Å². The minimum absolute atomic E-state index is 0.0689. The van der Waals surface area contributed by atoms with E-state index in [0.29, 0.717) is 11.8 Å². The zero-order valence-electron chi connectivity index (χ0n) is 14.8. The standard InChI is InChI=1S/C18H31NO4/c1-14-17(13-23-8-6-4-5-7-21-2)11-18(14,12-17)16(20)19-9-15(10-19)22-3/h14-15H,4-13H2,1-3H3/t14-,17?,18?/m1/s1. The van der Waals surface area contributed by atoms with Gasteiger partial charge in [-0.1, -0.05) is 6.92 Å². The maximum Gasteiger partial charge on any atom is 0.229 e. The van der Waals surface area contributed by atoms with E-state index >= 15 is 0 Å². The van der Waals surface area contributed by atoms with Crippen molar-refractivity contribution in [3.8, 4) is 0 Å². The Balaban J connectivity index is 1.34. The fraction of sp³-hybridized carbons (Fsp3) is 0.944. The van der Waals surface area contributed by atoms with Gasteiger partial charge in [0, 0.05) is 40.5 Å². The predicted octanol–water partition coefficient (Wildman–Crippen LogP) is 2.09. The number of methoxy groups -OCH3 is 2. The zero-order valence-corrected chi connectivity index (χ0v) is 14.8. The second kappa shape index (κ2) is 6.69. The Kier molecular flexibility index (Phi) is 5.00. The first kappa shape index (κ1) is 17.2. The van der Waals surface area contributed by atoms with Gasteiger partial charge in [-0.05, 0) is 43.4 Å². The predicted molar refractivity (Wildman–Crippen MR) is 87.2 cm³/mol. The summed E-state index contributed by atoms with van der Waals surface area (Å²) in [5, 5.41) is 0. The van der Waals surface area contributed by atoms with E-state index in [1.54, 1.807) is 14.2 Å². The first-order valence-electron chi connectivity index (χ1n) is 8.97. The number of likely N-dealkylation sites (tertiary alicyclic amines) is 1. The molecule has 1 aliphatic heterocycles. The lowest BCUT2D eigenvalue weighted by Crippen LogP contribution is -2.77. The molecule has 4 rings (SSSR count). The van der Waals surface area contributed by atoms with Gasteiger partial charge in [-0.2, -0.15) is 0 Å². The van der Waals surface area contributed by atoms with Crippen molar-refractivity contribution < 1.29 is 19.0 Å². The van der Waals surface area contributed by atoms with Crippen molar-refractivity contribution in [3.05, 3.63) is 0 Å². The SMILES string of the molecule is COCCCCCOCC12CC(C(=O)N3CC(OC)C3)(C1)[C@@H]2C. The van der Waals surface area contributed by atoms with Crippen LogP contribution in [-0.4, -0.2) is 64.0 Å². The highest BCUT2D eigenvalue weighted by Crippen LogP contribution is 2.77. The van der Waals surface area contributed by atoms with E-state index < -0.39 is 0 Å². The van der Waals surface area contributed by atoms with E-state index in [9.17, 15) is 4.79 Å². The highest BCUT2D eigenvalue weighted by atomic mass is 16.5. The molecule has 0 unspecified atom stereocenters. The first-order valence-corrected chi connectivity index (χ1v) is 8.97. The van der Waals surface area contributed by atoms with E-state index in [2.05, 4.69) is 6.92 Å². The van der Waals surface area contributed by atoms with Crippen molar-refractivity contribution in [2.45, 2.75) is 45.1 Å². The molecule has 5 nitrogen and oxygen atoms in total. The third kappa shape index (κ3) is 2.81. The molecular formula is C18H31NO4. The van der Waals surface area contributed by atoms with Gasteiger partial charge in [-0.25, -0.2) is 0 Å². The molecule has 1 atom stereocenters. The average molecular weight is 325 g/mol. The number of unbranched alkanes of at least 4 members (excludes halogenated alkanes) is 2. The molecule has 3 aliphatic carbocycles. The summed E-state index contributed by atoms with van der Waals surface area (Å²) in [5.74, 6) is 0.831. The second-order valence-electron chi connectivity index (χ2n) is 7.77. The van der Waals surface area contributed by atoms with E-state index in [0.717, 1.165) is 65.0 Å². The molecule has 1 amide bonds. The lowest BCUT2D eigenvalue weighted by molar-refractivity contribution is -0.284. The van der Waals surface area contributed by atoms with Gasteiger partial charge >= 0.3 is 0 Å². The number of nitrogens with zero attached hydrogens (tertiary/aromatic N) is 1. The van der Waals surface area contributed by atoms with Crippen LogP contribution in [0.15, 0.2) is 0 Å². The number of carbonyl (C=O) groups excluding carboxylic acids is 1. The first-order chi connectivity index (χ1) is 11.1. The van der Waals surface area contributed by atoms with E-state index in [1.165, 1.54) is 0 Å². The lowest BCUT2D eigenvalue weighted by atomic mass is 9.29. The molecule has 0 N–H and O–H groups in total. The molecule has 1 heterocycles. The fourth-order valence-corrected chi connectivity index (χ4v) is 4.68. The normalized spacial score (nSPS) is 35.4. The number of hydrogen-bond acceptors (Lipinski definition) is 4. The highest BCUT2D eigenvalue weighted by Gasteiger charge is 2.77. The number of rotatable bonds is 10. The van der Waals surface area contributed by atoms with Crippen LogP contribution < -0.4 is 0 Å². The monoisotopic (exact) mass is 325 g/mol. The van der Waals surface area contributed by atoms with Gasteiger partial charge in [-0.3, -0.25) is 4.79 Å². The van der Waals surface area contributed by atoms with Gasteiger partial charge in [0.25, 0.3) is 0 Å². The molecule has 1 saturated heterocycles. The summed E-state index contributed by atoms with van der Waals surface area (Å²) in [6.07, 6.45) is 5.67. The molecule has 0 aromatic heterocycles. The van der Waals surface area contributed by atoms with Gasteiger partial charge in [0.15, 0.2) is 0 Å². The van der Waals surface area contributed by atoms with Gasteiger partial charge in [0.2, 0.25) is 5.91 Å². The van der Waals surface area contributed by atoms with Crippen LogP contribution in [0.3, 0.4) is 0 Å². The summed E-state index contributed by atoms with van der Waals surface area (Å²) >= 11 is 0. The van der Waals surface area contributed by atoms with Crippen molar-refractivity contribution in [2.24, 2.45) is 16.7 Å².